The summed E-state index contributed by atoms with van der Waals surface area (Å²) < 4.78 is 10.8. The second kappa shape index (κ2) is 7.91. The zero-order chi connectivity index (χ0) is 18.5. The van der Waals surface area contributed by atoms with E-state index >= 15 is 0 Å². The average Bonchev–Trinajstić information content (AvgIpc) is 2.66. The van der Waals surface area contributed by atoms with Crippen LogP contribution in [-0.2, 0) is 22.6 Å². The van der Waals surface area contributed by atoms with E-state index in [9.17, 15) is 9.59 Å². The lowest BCUT2D eigenvalue weighted by molar-refractivity contribution is -0.132. The summed E-state index contributed by atoms with van der Waals surface area (Å²) in [6.07, 6.45) is 1.15. The maximum atomic E-state index is 12.3. The molecule has 26 heavy (non-hydrogen) atoms. The third-order valence-corrected chi connectivity index (χ3v) is 4.31. The van der Waals surface area contributed by atoms with Gasteiger partial charge in [0, 0.05) is 25.7 Å². The number of methoxy groups -OCH3 is 1. The number of nitrogens with zero attached hydrogens (tertiary/aromatic N) is 1. The lowest BCUT2D eigenvalue weighted by Crippen LogP contribution is -2.31. The molecule has 0 saturated heterocycles. The highest BCUT2D eigenvalue weighted by Crippen LogP contribution is 2.26. The van der Waals surface area contributed by atoms with Gasteiger partial charge in [-0.3, -0.25) is 9.59 Å². The number of hydrogen-bond donors (Lipinski definition) is 1. The number of amides is 2. The molecular formula is C20H22N2O4. The highest BCUT2D eigenvalue weighted by molar-refractivity contribution is 5.94. The number of benzene rings is 2. The molecule has 136 valence electrons. The summed E-state index contributed by atoms with van der Waals surface area (Å²) in [5, 5.41) is 2.83. The topological polar surface area (TPSA) is 67.9 Å². The third kappa shape index (κ3) is 4.33. The number of likely N-dealkylation sites (N-methyl/N-ethyl adjacent to an activating group) is 1. The summed E-state index contributed by atoms with van der Waals surface area (Å²) in [5.41, 5.74) is 2.83. The van der Waals surface area contributed by atoms with Gasteiger partial charge in [0.05, 0.1) is 7.11 Å². The molecule has 6 heteroatoms. The molecule has 0 bridgehead atoms. The Morgan fingerprint density at radius 3 is 2.81 bits per heavy atom. The Hall–Kier alpha value is -3.02. The molecule has 0 radical (unpaired) electrons. The Kier molecular flexibility index (Phi) is 5.41. The van der Waals surface area contributed by atoms with Crippen LogP contribution in [0.4, 0.5) is 5.69 Å². The zero-order valence-electron chi connectivity index (χ0n) is 15.0. The van der Waals surface area contributed by atoms with Crippen molar-refractivity contribution in [1.82, 2.24) is 4.90 Å². The van der Waals surface area contributed by atoms with E-state index in [-0.39, 0.29) is 18.4 Å². The van der Waals surface area contributed by atoms with Gasteiger partial charge in [-0.1, -0.05) is 12.1 Å². The number of nitrogens with one attached hydrogen (secondary N) is 1. The molecule has 1 N–H and O–H groups in total. The molecule has 1 heterocycles. The number of ether oxygens (including phenoxy) is 2. The van der Waals surface area contributed by atoms with E-state index in [0.717, 1.165) is 22.6 Å². The Balaban J connectivity index is 1.55. The first-order valence-electron chi connectivity index (χ1n) is 8.47. The first kappa shape index (κ1) is 17.8. The summed E-state index contributed by atoms with van der Waals surface area (Å²) in [4.78, 5) is 25.3. The van der Waals surface area contributed by atoms with Crippen LogP contribution in [-0.4, -0.2) is 37.5 Å². The molecule has 2 aromatic rings. The number of carbonyl (C=O) groups is 2. The molecule has 0 aliphatic carbocycles. The Labute approximate surface area is 152 Å². The van der Waals surface area contributed by atoms with Gasteiger partial charge in [0.2, 0.25) is 5.91 Å². The molecular weight excluding hydrogens is 332 g/mol. The molecule has 1 aliphatic rings. The van der Waals surface area contributed by atoms with Crippen molar-refractivity contribution in [2.24, 2.45) is 0 Å². The first-order chi connectivity index (χ1) is 12.5. The second-order valence-corrected chi connectivity index (χ2v) is 6.26. The molecule has 0 atom stereocenters. The molecule has 0 saturated carbocycles. The smallest absolute Gasteiger partial charge is 0.260 e. The summed E-state index contributed by atoms with van der Waals surface area (Å²) >= 11 is 0. The average molecular weight is 354 g/mol. The molecule has 1 aliphatic heterocycles. The van der Waals surface area contributed by atoms with Crippen molar-refractivity contribution in [2.75, 3.05) is 26.1 Å². The van der Waals surface area contributed by atoms with Crippen LogP contribution in [0.3, 0.4) is 0 Å². The minimum atomic E-state index is -0.112. The van der Waals surface area contributed by atoms with Gasteiger partial charge in [0.1, 0.15) is 11.5 Å². The van der Waals surface area contributed by atoms with E-state index < -0.39 is 0 Å². The van der Waals surface area contributed by atoms with Crippen molar-refractivity contribution in [1.29, 1.82) is 0 Å². The highest BCUT2D eigenvalue weighted by Gasteiger charge is 2.16. The summed E-state index contributed by atoms with van der Waals surface area (Å²) in [6.45, 7) is 0.446. The third-order valence-electron chi connectivity index (χ3n) is 4.31. The van der Waals surface area contributed by atoms with E-state index in [1.807, 2.05) is 36.4 Å². The van der Waals surface area contributed by atoms with Gasteiger partial charge >= 0.3 is 0 Å². The van der Waals surface area contributed by atoms with Crippen molar-refractivity contribution >= 4 is 17.5 Å². The van der Waals surface area contributed by atoms with Gasteiger partial charge in [-0.2, -0.15) is 0 Å². The number of anilines is 1. The number of hydrogen-bond acceptors (Lipinski definition) is 4. The van der Waals surface area contributed by atoms with E-state index in [2.05, 4.69) is 5.32 Å². The quantitative estimate of drug-likeness (QED) is 0.866. The van der Waals surface area contributed by atoms with E-state index in [4.69, 9.17) is 9.47 Å². The van der Waals surface area contributed by atoms with Gasteiger partial charge in [-0.25, -0.2) is 0 Å². The van der Waals surface area contributed by atoms with Crippen molar-refractivity contribution in [3.05, 3.63) is 53.6 Å². The lowest BCUT2D eigenvalue weighted by atomic mass is 10.0. The van der Waals surface area contributed by atoms with Crippen molar-refractivity contribution in [3.63, 3.8) is 0 Å². The normalized spacial score (nSPS) is 12.8. The number of carbonyl (C=O) groups excluding carboxylic acids is 2. The second-order valence-electron chi connectivity index (χ2n) is 6.26. The summed E-state index contributed by atoms with van der Waals surface area (Å²) in [7, 11) is 3.36. The summed E-state index contributed by atoms with van der Waals surface area (Å²) in [6, 6.07) is 13.1. The molecule has 2 amide bonds. The highest BCUT2D eigenvalue weighted by atomic mass is 16.5. The molecule has 0 fully saturated rings. The largest absolute Gasteiger partial charge is 0.497 e. The number of fused-ring (bicyclic) bond motifs is 1. The fraction of sp³-hybridized carbons (Fsp3) is 0.300. The first-order valence-corrected chi connectivity index (χ1v) is 8.47. The van der Waals surface area contributed by atoms with Gasteiger partial charge in [-0.15, -0.1) is 0 Å². The fourth-order valence-corrected chi connectivity index (χ4v) is 2.84. The van der Waals surface area contributed by atoms with Crippen LogP contribution in [0.1, 0.15) is 17.5 Å². The van der Waals surface area contributed by atoms with E-state index in [1.165, 1.54) is 0 Å². The minimum absolute atomic E-state index is 0.0283. The standard InChI is InChI=1S/C20H22N2O4/c1-22(12-14-4-3-5-16(10-14)25-2)20(24)13-26-17-7-8-18-15(11-17)6-9-19(23)21-18/h3-5,7-8,10-11H,6,9,12-13H2,1-2H3,(H,21,23). The number of aryl methyl sites for hydroxylation is 1. The minimum Gasteiger partial charge on any atom is -0.497 e. The maximum absolute atomic E-state index is 12.3. The zero-order valence-corrected chi connectivity index (χ0v) is 15.0. The van der Waals surface area contributed by atoms with E-state index in [0.29, 0.717) is 25.1 Å². The van der Waals surface area contributed by atoms with Gasteiger partial charge in [0.15, 0.2) is 6.61 Å². The van der Waals surface area contributed by atoms with E-state index in [1.54, 1.807) is 25.1 Å². The Morgan fingerprint density at radius 2 is 2.00 bits per heavy atom. The Morgan fingerprint density at radius 1 is 1.15 bits per heavy atom. The van der Waals surface area contributed by atoms with Crippen molar-refractivity contribution < 1.29 is 19.1 Å². The van der Waals surface area contributed by atoms with Crippen LogP contribution in [0.5, 0.6) is 11.5 Å². The molecule has 3 rings (SSSR count). The molecule has 6 nitrogen and oxygen atoms in total. The van der Waals surface area contributed by atoms with Crippen LogP contribution in [0.2, 0.25) is 0 Å². The molecule has 0 aromatic heterocycles. The van der Waals surface area contributed by atoms with Crippen molar-refractivity contribution in [2.45, 2.75) is 19.4 Å². The van der Waals surface area contributed by atoms with Crippen LogP contribution < -0.4 is 14.8 Å². The maximum Gasteiger partial charge on any atom is 0.260 e. The molecule has 0 unspecified atom stereocenters. The van der Waals surface area contributed by atoms with Crippen LogP contribution in [0, 0.1) is 0 Å². The predicted molar refractivity (Wildman–Crippen MR) is 98.4 cm³/mol. The van der Waals surface area contributed by atoms with Crippen LogP contribution in [0.25, 0.3) is 0 Å². The molecule has 0 spiro atoms. The Bertz CT molecular complexity index is 819. The lowest BCUT2D eigenvalue weighted by Gasteiger charge is -2.19. The number of rotatable bonds is 6. The summed E-state index contributed by atoms with van der Waals surface area (Å²) in [5.74, 6) is 1.31. The fourth-order valence-electron chi connectivity index (χ4n) is 2.84. The predicted octanol–water partition coefficient (Wildman–Crippen LogP) is 2.62. The molecule has 2 aromatic carbocycles. The van der Waals surface area contributed by atoms with Gasteiger partial charge < -0.3 is 19.7 Å². The van der Waals surface area contributed by atoms with Gasteiger partial charge in [0.25, 0.3) is 5.91 Å². The van der Waals surface area contributed by atoms with Crippen LogP contribution in [0.15, 0.2) is 42.5 Å². The SMILES string of the molecule is COc1cccc(CN(C)C(=O)COc2ccc3c(c2)CCC(=O)N3)c1. The van der Waals surface area contributed by atoms with Crippen molar-refractivity contribution in [3.8, 4) is 11.5 Å². The monoisotopic (exact) mass is 354 g/mol. The van der Waals surface area contributed by atoms with Gasteiger partial charge in [-0.05, 0) is 47.9 Å². The van der Waals surface area contributed by atoms with Crippen LogP contribution >= 0.6 is 0 Å².